The van der Waals surface area contributed by atoms with E-state index in [1.807, 2.05) is 30.0 Å². The number of esters is 1. The van der Waals surface area contributed by atoms with E-state index in [1.165, 1.54) is 0 Å². The highest BCUT2D eigenvalue weighted by Crippen LogP contribution is 2.52. The molecule has 1 saturated carbocycles. The first-order chi connectivity index (χ1) is 13.1. The maximum absolute atomic E-state index is 12.7. The van der Waals surface area contributed by atoms with E-state index < -0.39 is 5.97 Å². The summed E-state index contributed by atoms with van der Waals surface area (Å²) in [6, 6.07) is 6.15. The van der Waals surface area contributed by atoms with Crippen LogP contribution in [0, 0.1) is 17.8 Å². The van der Waals surface area contributed by atoms with Gasteiger partial charge < -0.3 is 14.1 Å². The summed E-state index contributed by atoms with van der Waals surface area (Å²) in [5.41, 5.74) is 3.09. The molecule has 5 nitrogen and oxygen atoms in total. The third-order valence-electron chi connectivity index (χ3n) is 6.24. The quantitative estimate of drug-likeness (QED) is 0.741. The normalized spacial score (nSPS) is 25.9. The summed E-state index contributed by atoms with van der Waals surface area (Å²) in [7, 11) is 0. The van der Waals surface area contributed by atoms with Crippen molar-refractivity contribution in [1.82, 2.24) is 4.90 Å². The Morgan fingerprint density at radius 2 is 2.04 bits per heavy atom. The molecule has 1 aliphatic carbocycles. The number of hydrogen-bond acceptors (Lipinski definition) is 4. The predicted octanol–water partition coefficient (Wildman–Crippen LogP) is 4.25. The standard InChI is InChI=1S/C23H29NO4/c1-15-5-6-18-16(11-27-19(18)7-15)8-21(26)28-12-20(25)24-14-23(4)10-17(24)9-22(2,3)13-23/h5-7,11,17H,8-10,12-14H2,1-4H3/t17-,23-/m1/s1. The summed E-state index contributed by atoms with van der Waals surface area (Å²) in [6.07, 6.45) is 4.91. The second-order valence-corrected chi connectivity index (χ2v) is 9.83. The van der Waals surface area contributed by atoms with Crippen molar-refractivity contribution < 1.29 is 18.7 Å². The molecule has 2 bridgehead atoms. The summed E-state index contributed by atoms with van der Waals surface area (Å²) in [4.78, 5) is 27.0. The number of amides is 1. The number of aryl methyl sites for hydroxylation is 1. The van der Waals surface area contributed by atoms with Crippen LogP contribution in [0.3, 0.4) is 0 Å². The molecule has 150 valence electrons. The number of carbonyl (C=O) groups is 2. The first kappa shape index (κ1) is 19.0. The van der Waals surface area contributed by atoms with Crippen LogP contribution in [0.25, 0.3) is 11.0 Å². The zero-order valence-corrected chi connectivity index (χ0v) is 17.2. The molecule has 0 spiro atoms. The SMILES string of the molecule is Cc1ccc2c(CC(=O)OCC(=O)N3C[C@]4(C)C[C@H]3CC(C)(C)C4)coc2c1. The van der Waals surface area contributed by atoms with E-state index in [9.17, 15) is 9.59 Å². The van der Waals surface area contributed by atoms with Gasteiger partial charge in [0, 0.05) is 23.5 Å². The number of carbonyl (C=O) groups excluding carboxylic acids is 2. The minimum atomic E-state index is -0.398. The summed E-state index contributed by atoms with van der Waals surface area (Å²) >= 11 is 0. The molecule has 1 amide bonds. The highest BCUT2D eigenvalue weighted by atomic mass is 16.5. The van der Waals surface area contributed by atoms with Gasteiger partial charge in [-0.25, -0.2) is 0 Å². The Morgan fingerprint density at radius 1 is 1.25 bits per heavy atom. The lowest BCUT2D eigenvalue weighted by atomic mass is 9.65. The number of ether oxygens (including phenoxy) is 1. The average Bonchev–Trinajstić information content (AvgIpc) is 3.09. The van der Waals surface area contributed by atoms with E-state index in [-0.39, 0.29) is 35.8 Å². The molecule has 1 aliphatic heterocycles. The van der Waals surface area contributed by atoms with Gasteiger partial charge in [0.1, 0.15) is 5.58 Å². The highest BCUT2D eigenvalue weighted by molar-refractivity contribution is 5.87. The molecular formula is C23H29NO4. The molecule has 2 aliphatic rings. The maximum Gasteiger partial charge on any atom is 0.310 e. The number of benzene rings is 1. The van der Waals surface area contributed by atoms with Crippen molar-refractivity contribution in [1.29, 1.82) is 0 Å². The monoisotopic (exact) mass is 383 g/mol. The van der Waals surface area contributed by atoms with Gasteiger partial charge in [-0.15, -0.1) is 0 Å². The van der Waals surface area contributed by atoms with Crippen LogP contribution in [-0.4, -0.2) is 36.0 Å². The number of nitrogens with zero attached hydrogens (tertiary/aromatic N) is 1. The topological polar surface area (TPSA) is 59.8 Å². The summed E-state index contributed by atoms with van der Waals surface area (Å²) in [5, 5.41) is 0.914. The molecule has 2 heterocycles. The van der Waals surface area contributed by atoms with Crippen molar-refractivity contribution >= 4 is 22.8 Å². The van der Waals surface area contributed by atoms with Gasteiger partial charge in [0.25, 0.3) is 5.91 Å². The average molecular weight is 383 g/mol. The third-order valence-corrected chi connectivity index (χ3v) is 6.24. The number of likely N-dealkylation sites (tertiary alicyclic amines) is 1. The minimum absolute atomic E-state index is 0.0764. The van der Waals surface area contributed by atoms with Crippen molar-refractivity contribution in [3.8, 4) is 0 Å². The van der Waals surface area contributed by atoms with E-state index in [0.717, 1.165) is 47.9 Å². The van der Waals surface area contributed by atoms with Crippen LogP contribution in [0.2, 0.25) is 0 Å². The lowest BCUT2D eigenvalue weighted by Gasteiger charge is -2.39. The Kier molecular flexibility index (Phi) is 4.52. The van der Waals surface area contributed by atoms with Gasteiger partial charge in [-0.05, 0) is 48.6 Å². The fraction of sp³-hybridized carbons (Fsp3) is 0.565. The van der Waals surface area contributed by atoms with Crippen LogP contribution < -0.4 is 0 Å². The zero-order chi connectivity index (χ0) is 20.1. The van der Waals surface area contributed by atoms with Crippen molar-refractivity contribution in [2.24, 2.45) is 10.8 Å². The molecule has 2 aromatic rings. The van der Waals surface area contributed by atoms with E-state index in [4.69, 9.17) is 9.15 Å². The van der Waals surface area contributed by atoms with Crippen molar-refractivity contribution in [2.45, 2.75) is 59.4 Å². The Bertz CT molecular complexity index is 928. The third kappa shape index (κ3) is 3.67. The van der Waals surface area contributed by atoms with Gasteiger partial charge in [0.2, 0.25) is 0 Å². The van der Waals surface area contributed by atoms with Crippen LogP contribution in [0.15, 0.2) is 28.9 Å². The minimum Gasteiger partial charge on any atom is -0.464 e. The predicted molar refractivity (Wildman–Crippen MR) is 107 cm³/mol. The van der Waals surface area contributed by atoms with Crippen LogP contribution in [0.4, 0.5) is 0 Å². The molecular weight excluding hydrogens is 354 g/mol. The smallest absolute Gasteiger partial charge is 0.310 e. The molecule has 0 radical (unpaired) electrons. The number of hydrogen-bond donors (Lipinski definition) is 0. The second kappa shape index (κ2) is 6.64. The lowest BCUT2D eigenvalue weighted by Crippen LogP contribution is -2.39. The van der Waals surface area contributed by atoms with Crippen LogP contribution in [0.1, 0.15) is 51.2 Å². The first-order valence-corrected chi connectivity index (χ1v) is 10.1. The molecule has 1 aromatic carbocycles. The molecule has 0 unspecified atom stereocenters. The molecule has 2 fully saturated rings. The van der Waals surface area contributed by atoms with E-state index >= 15 is 0 Å². The zero-order valence-electron chi connectivity index (χ0n) is 17.2. The van der Waals surface area contributed by atoms with E-state index in [0.29, 0.717) is 0 Å². The van der Waals surface area contributed by atoms with Crippen molar-refractivity contribution in [3.05, 3.63) is 35.6 Å². The fourth-order valence-electron chi connectivity index (χ4n) is 5.51. The van der Waals surface area contributed by atoms with E-state index in [2.05, 4.69) is 20.8 Å². The van der Waals surface area contributed by atoms with Gasteiger partial charge in [0.05, 0.1) is 12.7 Å². The van der Waals surface area contributed by atoms with Crippen molar-refractivity contribution in [3.63, 3.8) is 0 Å². The van der Waals surface area contributed by atoms with Gasteiger partial charge in [-0.1, -0.05) is 32.9 Å². The maximum atomic E-state index is 12.7. The summed E-state index contributed by atoms with van der Waals surface area (Å²) < 4.78 is 10.9. The Labute approximate surface area is 166 Å². The van der Waals surface area contributed by atoms with Crippen molar-refractivity contribution in [2.75, 3.05) is 13.2 Å². The molecule has 28 heavy (non-hydrogen) atoms. The number of rotatable bonds is 4. The van der Waals surface area contributed by atoms with Crippen LogP contribution in [0.5, 0.6) is 0 Å². The molecule has 4 rings (SSSR count). The Balaban J connectivity index is 1.35. The molecule has 5 heteroatoms. The molecule has 1 aromatic heterocycles. The second-order valence-electron chi connectivity index (χ2n) is 9.83. The van der Waals surface area contributed by atoms with E-state index in [1.54, 1.807) is 6.26 Å². The highest BCUT2D eigenvalue weighted by Gasteiger charge is 2.50. The summed E-state index contributed by atoms with van der Waals surface area (Å²) in [6.45, 7) is 9.41. The fourth-order valence-corrected chi connectivity index (χ4v) is 5.51. The Morgan fingerprint density at radius 3 is 2.82 bits per heavy atom. The molecule has 0 N–H and O–H groups in total. The van der Waals surface area contributed by atoms with Crippen LogP contribution in [-0.2, 0) is 20.7 Å². The largest absolute Gasteiger partial charge is 0.464 e. The van der Waals surface area contributed by atoms with Gasteiger partial charge in [0.15, 0.2) is 6.61 Å². The van der Waals surface area contributed by atoms with Crippen LogP contribution >= 0.6 is 0 Å². The van der Waals surface area contributed by atoms with Gasteiger partial charge >= 0.3 is 5.97 Å². The Hall–Kier alpha value is -2.30. The lowest BCUT2D eigenvalue weighted by molar-refractivity contribution is -0.152. The summed E-state index contributed by atoms with van der Waals surface area (Å²) in [5.74, 6) is -0.474. The molecule has 1 saturated heterocycles. The molecule has 2 atom stereocenters. The first-order valence-electron chi connectivity index (χ1n) is 10.1. The van der Waals surface area contributed by atoms with Gasteiger partial charge in [-0.2, -0.15) is 0 Å². The number of furan rings is 1. The van der Waals surface area contributed by atoms with Gasteiger partial charge in [-0.3, -0.25) is 9.59 Å². The number of fused-ring (bicyclic) bond motifs is 3.